The van der Waals surface area contributed by atoms with E-state index in [0.29, 0.717) is 54.7 Å². The van der Waals surface area contributed by atoms with Crippen molar-refractivity contribution in [1.82, 2.24) is 15.3 Å². The number of anilines is 2. The molecule has 2 N–H and O–H groups in total. The summed E-state index contributed by atoms with van der Waals surface area (Å²) in [4.78, 5) is 34.6. The van der Waals surface area contributed by atoms with E-state index in [2.05, 4.69) is 25.6 Å². The van der Waals surface area contributed by atoms with Crippen LogP contribution in [0, 0.1) is 0 Å². The van der Waals surface area contributed by atoms with Crippen LogP contribution in [0.3, 0.4) is 0 Å². The van der Waals surface area contributed by atoms with E-state index >= 15 is 0 Å². The molecule has 5 rings (SSSR count). The lowest BCUT2D eigenvalue weighted by atomic mass is 10.1. The number of ether oxygens (including phenoxy) is 3. The van der Waals surface area contributed by atoms with Gasteiger partial charge in [-0.1, -0.05) is 36.4 Å². The van der Waals surface area contributed by atoms with E-state index < -0.39 is 0 Å². The molecule has 0 saturated carbocycles. The number of carbonyl (C=O) groups excluding carboxylic acids is 2. The molecule has 1 aromatic heterocycles. The monoisotopic (exact) mass is 582 g/mol. The lowest BCUT2D eigenvalue weighted by Gasteiger charge is -2.35. The molecule has 0 atom stereocenters. The predicted molar refractivity (Wildman–Crippen MR) is 167 cm³/mol. The van der Waals surface area contributed by atoms with Crippen molar-refractivity contribution in [2.45, 2.75) is 0 Å². The largest absolute Gasteiger partial charge is 0.493 e. The fraction of sp³-hybridized carbons (Fsp3) is 0.250. The highest BCUT2D eigenvalue weighted by Crippen LogP contribution is 2.40. The van der Waals surface area contributed by atoms with Gasteiger partial charge in [-0.3, -0.25) is 14.5 Å². The van der Waals surface area contributed by atoms with Gasteiger partial charge in [-0.2, -0.15) is 5.10 Å². The van der Waals surface area contributed by atoms with E-state index in [1.165, 1.54) is 21.3 Å². The van der Waals surface area contributed by atoms with Crippen LogP contribution in [-0.2, 0) is 4.79 Å². The van der Waals surface area contributed by atoms with Crippen LogP contribution in [0.4, 0.5) is 11.5 Å². The van der Waals surface area contributed by atoms with Gasteiger partial charge in [0.25, 0.3) is 5.91 Å². The van der Waals surface area contributed by atoms with Crippen LogP contribution in [0.5, 0.6) is 17.2 Å². The number of amides is 2. The van der Waals surface area contributed by atoms with Crippen molar-refractivity contribution >= 4 is 40.4 Å². The molecule has 2 heterocycles. The normalized spacial score (nSPS) is 13.6. The SMILES string of the molecule is COc1cc(NC(=O)CN2CCN(c3nc4ccccc4cc3/C=N/NC(=O)c3ccccc3)CC2)cc(OC)c1OC. The van der Waals surface area contributed by atoms with Gasteiger partial charge in [-0.05, 0) is 24.3 Å². The zero-order chi connectivity index (χ0) is 30.2. The Kier molecular flexibility index (Phi) is 9.33. The molecule has 1 fully saturated rings. The molecule has 1 aliphatic heterocycles. The third kappa shape index (κ3) is 7.02. The summed E-state index contributed by atoms with van der Waals surface area (Å²) in [5, 5.41) is 8.14. The van der Waals surface area contributed by atoms with E-state index in [1.807, 2.05) is 36.4 Å². The van der Waals surface area contributed by atoms with E-state index in [1.54, 1.807) is 42.6 Å². The minimum Gasteiger partial charge on any atom is -0.493 e. The predicted octanol–water partition coefficient (Wildman–Crippen LogP) is 3.79. The number of pyridine rings is 1. The van der Waals surface area contributed by atoms with Gasteiger partial charge in [0.15, 0.2) is 11.5 Å². The highest BCUT2D eigenvalue weighted by Gasteiger charge is 2.23. The number of nitrogens with one attached hydrogen (secondary N) is 2. The second kappa shape index (κ2) is 13.7. The Morgan fingerprint density at radius 3 is 2.23 bits per heavy atom. The maximum atomic E-state index is 12.9. The van der Waals surface area contributed by atoms with Crippen LogP contribution in [0.15, 0.2) is 77.9 Å². The Labute approximate surface area is 250 Å². The molecule has 1 saturated heterocycles. The molecule has 43 heavy (non-hydrogen) atoms. The average Bonchev–Trinajstić information content (AvgIpc) is 3.04. The quantitative estimate of drug-likeness (QED) is 0.214. The maximum absolute atomic E-state index is 12.9. The first kappa shape index (κ1) is 29.3. The van der Waals surface area contributed by atoms with Gasteiger partial charge in [0.2, 0.25) is 11.7 Å². The van der Waals surface area contributed by atoms with Crippen LogP contribution < -0.4 is 29.9 Å². The van der Waals surface area contributed by atoms with Crippen molar-refractivity contribution in [3.63, 3.8) is 0 Å². The van der Waals surface area contributed by atoms with Crippen molar-refractivity contribution in [1.29, 1.82) is 0 Å². The number of methoxy groups -OCH3 is 3. The molecule has 4 aromatic rings. The van der Waals surface area contributed by atoms with Crippen molar-refractivity contribution in [3.8, 4) is 17.2 Å². The fourth-order valence-corrected chi connectivity index (χ4v) is 4.96. The lowest BCUT2D eigenvalue weighted by molar-refractivity contribution is -0.117. The van der Waals surface area contributed by atoms with Gasteiger partial charge < -0.3 is 24.4 Å². The lowest BCUT2D eigenvalue weighted by Crippen LogP contribution is -2.49. The summed E-state index contributed by atoms with van der Waals surface area (Å²) >= 11 is 0. The first-order valence-corrected chi connectivity index (χ1v) is 13.8. The number of carbonyl (C=O) groups is 2. The first-order chi connectivity index (χ1) is 21.0. The third-order valence-electron chi connectivity index (χ3n) is 7.13. The zero-order valence-corrected chi connectivity index (χ0v) is 24.4. The van der Waals surface area contributed by atoms with E-state index in [-0.39, 0.29) is 18.4 Å². The van der Waals surface area contributed by atoms with E-state index in [0.717, 1.165) is 22.3 Å². The molecule has 0 bridgehead atoms. The highest BCUT2D eigenvalue weighted by molar-refractivity contribution is 5.97. The molecule has 11 heteroatoms. The number of rotatable bonds is 10. The number of benzene rings is 3. The molecular formula is C32H34N6O5. The minimum atomic E-state index is -0.287. The maximum Gasteiger partial charge on any atom is 0.271 e. The number of fused-ring (bicyclic) bond motifs is 1. The molecule has 222 valence electrons. The number of hydrogen-bond donors (Lipinski definition) is 2. The number of hydrogen-bond acceptors (Lipinski definition) is 9. The van der Waals surface area contributed by atoms with Crippen LogP contribution >= 0.6 is 0 Å². The van der Waals surface area contributed by atoms with Gasteiger partial charge in [0, 0.05) is 60.5 Å². The molecule has 0 radical (unpaired) electrons. The summed E-state index contributed by atoms with van der Waals surface area (Å²) in [6.07, 6.45) is 1.63. The van der Waals surface area contributed by atoms with Gasteiger partial charge >= 0.3 is 0 Å². The third-order valence-corrected chi connectivity index (χ3v) is 7.13. The molecule has 3 aromatic carbocycles. The minimum absolute atomic E-state index is 0.145. The molecule has 0 spiro atoms. The summed E-state index contributed by atoms with van der Waals surface area (Å²) in [6, 6.07) is 22.3. The van der Waals surface area contributed by atoms with Crippen LogP contribution in [0.1, 0.15) is 15.9 Å². The Balaban J connectivity index is 1.24. The Bertz CT molecular complexity index is 1590. The smallest absolute Gasteiger partial charge is 0.271 e. The Morgan fingerprint density at radius 1 is 0.884 bits per heavy atom. The first-order valence-electron chi connectivity index (χ1n) is 13.8. The molecular weight excluding hydrogens is 548 g/mol. The number of hydrazone groups is 1. The summed E-state index contributed by atoms with van der Waals surface area (Å²) in [6.45, 7) is 2.90. The molecule has 0 unspecified atom stereocenters. The van der Waals surface area contributed by atoms with Gasteiger partial charge in [0.1, 0.15) is 5.82 Å². The number of para-hydroxylation sites is 1. The van der Waals surface area contributed by atoms with Gasteiger partial charge in [-0.25, -0.2) is 10.4 Å². The number of nitrogens with zero attached hydrogens (tertiary/aromatic N) is 4. The van der Waals surface area contributed by atoms with Crippen LogP contribution in [0.2, 0.25) is 0 Å². The standard InChI is InChI=1S/C32H34N6O5/c1-41-27-18-25(19-28(42-2)30(27)43-3)34-29(39)21-37-13-15-38(16-14-37)31-24(17-23-11-7-8-12-26(23)35-31)20-33-36-32(40)22-9-5-4-6-10-22/h4-12,17-20H,13-16,21H2,1-3H3,(H,34,39)(H,36,40)/b33-20+. The highest BCUT2D eigenvalue weighted by atomic mass is 16.5. The summed E-state index contributed by atoms with van der Waals surface area (Å²) in [7, 11) is 4.60. The summed E-state index contributed by atoms with van der Waals surface area (Å²) in [5.41, 5.74) is 5.35. The van der Waals surface area contributed by atoms with E-state index in [4.69, 9.17) is 19.2 Å². The van der Waals surface area contributed by atoms with Crippen LogP contribution in [-0.4, -0.2) is 82.0 Å². The van der Waals surface area contributed by atoms with Crippen molar-refractivity contribution in [3.05, 3.63) is 83.9 Å². The zero-order valence-electron chi connectivity index (χ0n) is 24.4. The van der Waals surface area contributed by atoms with Crippen molar-refractivity contribution in [2.24, 2.45) is 5.10 Å². The summed E-state index contributed by atoms with van der Waals surface area (Å²) < 4.78 is 16.1. The molecule has 2 amide bonds. The second-order valence-electron chi connectivity index (χ2n) is 9.88. The van der Waals surface area contributed by atoms with Gasteiger partial charge in [-0.15, -0.1) is 0 Å². The fourth-order valence-electron chi connectivity index (χ4n) is 4.96. The Hall–Kier alpha value is -5.16. The molecule has 1 aliphatic rings. The number of aromatic nitrogens is 1. The molecule has 11 nitrogen and oxygen atoms in total. The van der Waals surface area contributed by atoms with Crippen molar-refractivity contribution in [2.75, 3.05) is 64.3 Å². The van der Waals surface area contributed by atoms with Crippen LogP contribution in [0.25, 0.3) is 10.9 Å². The Morgan fingerprint density at radius 2 is 1.56 bits per heavy atom. The van der Waals surface area contributed by atoms with E-state index in [9.17, 15) is 9.59 Å². The second-order valence-corrected chi connectivity index (χ2v) is 9.88. The molecule has 0 aliphatic carbocycles. The average molecular weight is 583 g/mol. The van der Waals surface area contributed by atoms with Crippen molar-refractivity contribution < 1.29 is 23.8 Å². The number of piperazine rings is 1. The topological polar surface area (TPSA) is 118 Å². The van der Waals surface area contributed by atoms with Gasteiger partial charge in [0.05, 0.1) is 39.6 Å². The summed E-state index contributed by atoms with van der Waals surface area (Å²) in [5.74, 6) is 1.74.